The summed E-state index contributed by atoms with van der Waals surface area (Å²) in [4.78, 5) is 27.6. The monoisotopic (exact) mass is 478 g/mol. The van der Waals surface area contributed by atoms with Gasteiger partial charge in [-0.3, -0.25) is 14.5 Å². The number of methoxy groups -OCH3 is 1. The van der Waals surface area contributed by atoms with Crippen LogP contribution in [0, 0.1) is 6.92 Å². The highest BCUT2D eigenvalue weighted by molar-refractivity contribution is 6.51. The molecule has 9 heteroatoms. The molecular weight excluding hydrogens is 452 g/mol. The van der Waals surface area contributed by atoms with Crippen molar-refractivity contribution in [3.63, 3.8) is 0 Å². The van der Waals surface area contributed by atoms with Gasteiger partial charge in [-0.25, -0.2) is 0 Å². The average molecular weight is 479 g/mol. The summed E-state index contributed by atoms with van der Waals surface area (Å²) in [6, 6.07) is 12.3. The first-order valence-corrected chi connectivity index (χ1v) is 11.2. The predicted molar refractivity (Wildman–Crippen MR) is 128 cm³/mol. The van der Waals surface area contributed by atoms with Crippen LogP contribution in [0.5, 0.6) is 17.2 Å². The summed E-state index contributed by atoms with van der Waals surface area (Å²) in [6.07, 6.45) is 0. The molecule has 9 nitrogen and oxygen atoms in total. The van der Waals surface area contributed by atoms with Gasteiger partial charge in [-0.1, -0.05) is 11.2 Å². The highest BCUT2D eigenvalue weighted by atomic mass is 16.5. The van der Waals surface area contributed by atoms with E-state index in [1.54, 1.807) is 55.5 Å². The van der Waals surface area contributed by atoms with E-state index in [4.69, 9.17) is 18.7 Å². The zero-order valence-electron chi connectivity index (χ0n) is 19.9. The number of benzene rings is 2. The van der Waals surface area contributed by atoms with Gasteiger partial charge in [0.2, 0.25) is 0 Å². The molecule has 1 N–H and O–H groups in total. The molecule has 0 aliphatic carbocycles. The van der Waals surface area contributed by atoms with Crippen LogP contribution >= 0.6 is 0 Å². The van der Waals surface area contributed by atoms with Gasteiger partial charge in [0, 0.05) is 11.6 Å². The van der Waals surface area contributed by atoms with Crippen LogP contribution in [0.2, 0.25) is 0 Å². The number of rotatable bonds is 8. The molecule has 3 aromatic rings. The van der Waals surface area contributed by atoms with E-state index in [1.807, 2.05) is 13.8 Å². The molecule has 4 rings (SSSR count). The van der Waals surface area contributed by atoms with Crippen LogP contribution in [0.1, 0.15) is 36.8 Å². The number of ether oxygens (including phenoxy) is 3. The highest BCUT2D eigenvalue weighted by Gasteiger charge is 2.48. The van der Waals surface area contributed by atoms with Gasteiger partial charge >= 0.3 is 5.91 Å². The van der Waals surface area contributed by atoms with E-state index in [2.05, 4.69) is 5.16 Å². The largest absolute Gasteiger partial charge is 0.507 e. The molecule has 1 saturated heterocycles. The second-order valence-corrected chi connectivity index (χ2v) is 7.77. The molecule has 0 saturated carbocycles. The molecule has 1 aromatic heterocycles. The van der Waals surface area contributed by atoms with Gasteiger partial charge in [-0.05, 0) is 62.7 Å². The minimum Gasteiger partial charge on any atom is -0.507 e. The quantitative estimate of drug-likeness (QED) is 0.288. The van der Waals surface area contributed by atoms with E-state index in [1.165, 1.54) is 12.0 Å². The summed E-state index contributed by atoms with van der Waals surface area (Å²) < 4.78 is 21.7. The van der Waals surface area contributed by atoms with Crippen LogP contribution in [0.3, 0.4) is 0 Å². The lowest BCUT2D eigenvalue weighted by Crippen LogP contribution is -2.29. The number of aryl methyl sites for hydroxylation is 1. The van der Waals surface area contributed by atoms with Gasteiger partial charge in [0.05, 0.1) is 31.9 Å². The first-order valence-electron chi connectivity index (χ1n) is 11.2. The molecule has 0 radical (unpaired) electrons. The predicted octanol–water partition coefficient (Wildman–Crippen LogP) is 4.42. The van der Waals surface area contributed by atoms with Crippen molar-refractivity contribution in [2.45, 2.75) is 26.8 Å². The topological polar surface area (TPSA) is 111 Å². The summed E-state index contributed by atoms with van der Waals surface area (Å²) in [5.74, 6) is 0.206. The summed E-state index contributed by atoms with van der Waals surface area (Å²) >= 11 is 0. The highest BCUT2D eigenvalue weighted by Crippen LogP contribution is 2.44. The van der Waals surface area contributed by atoms with Crippen molar-refractivity contribution in [2.24, 2.45) is 0 Å². The van der Waals surface area contributed by atoms with Crippen molar-refractivity contribution in [1.29, 1.82) is 0 Å². The maximum atomic E-state index is 13.2. The molecule has 2 heterocycles. The van der Waals surface area contributed by atoms with Crippen molar-refractivity contribution in [1.82, 2.24) is 5.16 Å². The number of aliphatic hydroxyl groups excluding tert-OH is 1. The summed E-state index contributed by atoms with van der Waals surface area (Å²) in [7, 11) is 1.50. The van der Waals surface area contributed by atoms with E-state index in [9.17, 15) is 14.7 Å². The van der Waals surface area contributed by atoms with Gasteiger partial charge in [0.25, 0.3) is 5.78 Å². The number of nitrogens with zero attached hydrogens (tertiary/aromatic N) is 2. The van der Waals surface area contributed by atoms with Crippen LogP contribution in [0.15, 0.2) is 58.6 Å². The lowest BCUT2D eigenvalue weighted by Gasteiger charge is -2.23. The number of aliphatic hydroxyl groups is 1. The molecule has 35 heavy (non-hydrogen) atoms. The Kier molecular flexibility index (Phi) is 6.77. The number of Topliss-reactive ketones (excluding diaryl/α,β-unsaturated/α-hetero) is 1. The molecule has 1 aliphatic heterocycles. The van der Waals surface area contributed by atoms with Crippen molar-refractivity contribution >= 4 is 23.3 Å². The van der Waals surface area contributed by atoms with E-state index < -0.39 is 17.7 Å². The molecule has 1 amide bonds. The minimum absolute atomic E-state index is 0.0778. The molecule has 182 valence electrons. The number of anilines is 1. The third kappa shape index (κ3) is 4.44. The number of aromatic nitrogens is 1. The Morgan fingerprint density at radius 1 is 1.03 bits per heavy atom. The maximum absolute atomic E-state index is 13.2. The molecule has 1 aliphatic rings. The van der Waals surface area contributed by atoms with Crippen molar-refractivity contribution in [3.8, 4) is 17.2 Å². The summed E-state index contributed by atoms with van der Waals surface area (Å²) in [5.41, 5.74) is 0.814. The molecule has 0 spiro atoms. The summed E-state index contributed by atoms with van der Waals surface area (Å²) in [6.45, 7) is 6.33. The first-order chi connectivity index (χ1) is 16.9. The number of amides is 1. The molecule has 2 aromatic carbocycles. The van der Waals surface area contributed by atoms with E-state index in [-0.39, 0.29) is 17.2 Å². The number of carbonyl (C=O) groups is 2. The van der Waals surface area contributed by atoms with Crippen molar-refractivity contribution < 1.29 is 33.4 Å². The van der Waals surface area contributed by atoms with Crippen LogP contribution in [0.25, 0.3) is 5.76 Å². The molecule has 0 bridgehead atoms. The van der Waals surface area contributed by atoms with Crippen LogP contribution < -0.4 is 19.1 Å². The van der Waals surface area contributed by atoms with Gasteiger partial charge < -0.3 is 23.8 Å². The molecular formula is C26H26N2O7. The Bertz CT molecular complexity index is 1280. The summed E-state index contributed by atoms with van der Waals surface area (Å²) in [5, 5.41) is 15.2. The number of hydrogen-bond acceptors (Lipinski definition) is 8. The zero-order valence-corrected chi connectivity index (χ0v) is 19.9. The number of hydrogen-bond donors (Lipinski definition) is 1. The molecule has 1 unspecified atom stereocenters. The minimum atomic E-state index is -0.976. The lowest BCUT2D eigenvalue weighted by atomic mass is 9.95. The van der Waals surface area contributed by atoms with Gasteiger partial charge in [0.1, 0.15) is 17.3 Å². The van der Waals surface area contributed by atoms with Crippen LogP contribution in [-0.4, -0.2) is 42.3 Å². The fourth-order valence-electron chi connectivity index (χ4n) is 4.01. The van der Waals surface area contributed by atoms with Crippen molar-refractivity contribution in [2.75, 3.05) is 25.2 Å². The zero-order chi connectivity index (χ0) is 25.1. The standard InChI is InChI=1S/C26H26N2O7/c1-5-33-18-10-7-16(8-11-18)24(29)22-23(17-9-12-19(34-6-2)20(14-17)32-4)28(26(31)25(22)30)21-13-15(3)35-27-21/h7-14,23,29H,5-6H2,1-4H3/b24-22+. The fourth-order valence-corrected chi connectivity index (χ4v) is 4.01. The Morgan fingerprint density at radius 3 is 2.34 bits per heavy atom. The van der Waals surface area contributed by atoms with Crippen LogP contribution in [-0.2, 0) is 9.59 Å². The Balaban J connectivity index is 1.89. The van der Waals surface area contributed by atoms with Gasteiger partial charge in [0.15, 0.2) is 17.3 Å². The number of ketones is 1. The van der Waals surface area contributed by atoms with E-state index in [0.717, 1.165) is 0 Å². The van der Waals surface area contributed by atoms with Gasteiger partial charge in [-0.2, -0.15) is 0 Å². The fraction of sp³-hybridized carbons (Fsp3) is 0.269. The molecule has 1 fully saturated rings. The Hall–Kier alpha value is -4.27. The van der Waals surface area contributed by atoms with E-state index in [0.29, 0.717) is 47.3 Å². The smallest absolute Gasteiger partial charge is 0.301 e. The maximum Gasteiger partial charge on any atom is 0.301 e. The molecule has 1 atom stereocenters. The lowest BCUT2D eigenvalue weighted by molar-refractivity contribution is -0.132. The SMILES string of the molecule is CCOc1ccc(/C(O)=C2\C(=O)C(=O)N(c3cc(C)on3)C2c2ccc(OCC)c(OC)c2)cc1. The first kappa shape index (κ1) is 23.9. The van der Waals surface area contributed by atoms with Gasteiger partial charge in [-0.15, -0.1) is 0 Å². The second-order valence-electron chi connectivity index (χ2n) is 7.77. The number of carbonyl (C=O) groups excluding carboxylic acids is 2. The van der Waals surface area contributed by atoms with E-state index >= 15 is 0 Å². The van der Waals surface area contributed by atoms with Crippen LogP contribution in [0.4, 0.5) is 5.82 Å². The third-order valence-corrected chi connectivity index (χ3v) is 5.55. The average Bonchev–Trinajstić information content (AvgIpc) is 3.40. The normalized spacial score (nSPS) is 17.0. The Labute approximate surface area is 202 Å². The van der Waals surface area contributed by atoms with Crippen molar-refractivity contribution in [3.05, 3.63) is 71.0 Å². The third-order valence-electron chi connectivity index (χ3n) is 5.55. The second kappa shape index (κ2) is 9.92. The Morgan fingerprint density at radius 2 is 1.74 bits per heavy atom.